The van der Waals surface area contributed by atoms with Crippen LogP contribution >= 0.6 is 0 Å². The van der Waals surface area contributed by atoms with Gasteiger partial charge >= 0.3 is 0 Å². The number of hydrogen-bond donors (Lipinski definition) is 4. The maximum absolute atomic E-state index is 11.9. The minimum Gasteiger partial charge on any atom is -0.357 e. The quantitative estimate of drug-likeness (QED) is 0.566. The van der Waals surface area contributed by atoms with Crippen molar-refractivity contribution in [2.75, 3.05) is 6.54 Å². The maximum Gasteiger partial charge on any atom is 0.252 e. The lowest BCUT2D eigenvalue weighted by Gasteiger charge is -2.22. The van der Waals surface area contributed by atoms with E-state index in [0.717, 1.165) is 16.6 Å². The number of fused-ring (bicyclic) bond motifs is 1. The number of aromatic nitrogens is 1. The van der Waals surface area contributed by atoms with Crippen LogP contribution in [0.2, 0.25) is 0 Å². The number of para-hydroxylation sites is 1. The van der Waals surface area contributed by atoms with Gasteiger partial charge in [0, 0.05) is 11.2 Å². The first-order chi connectivity index (χ1) is 10.1. The zero-order chi connectivity index (χ0) is 14.8. The Labute approximate surface area is 120 Å². The summed E-state index contributed by atoms with van der Waals surface area (Å²) in [6.07, 6.45) is 0. The maximum atomic E-state index is 11.9. The van der Waals surface area contributed by atoms with Gasteiger partial charge in [-0.1, -0.05) is 18.2 Å². The number of H-pyrrole nitrogens is 1. The molecule has 4 N–H and O–H groups in total. The number of carbonyl (C=O) groups is 3. The molecule has 1 aliphatic heterocycles. The first kappa shape index (κ1) is 13.2. The van der Waals surface area contributed by atoms with Crippen LogP contribution in [0, 0.1) is 0 Å². The van der Waals surface area contributed by atoms with Crippen molar-refractivity contribution >= 4 is 28.6 Å². The first-order valence-electron chi connectivity index (χ1n) is 6.55. The number of benzene rings is 1. The molecule has 21 heavy (non-hydrogen) atoms. The average molecular weight is 286 g/mol. The van der Waals surface area contributed by atoms with Crippen LogP contribution in [0.4, 0.5) is 0 Å². The summed E-state index contributed by atoms with van der Waals surface area (Å²) in [6.45, 7) is 0.164. The molecule has 7 heteroatoms. The minimum absolute atomic E-state index is 0.0926. The predicted molar refractivity (Wildman–Crippen MR) is 75.1 cm³/mol. The van der Waals surface area contributed by atoms with E-state index in [4.69, 9.17) is 0 Å². The van der Waals surface area contributed by atoms with E-state index in [0.29, 0.717) is 0 Å². The van der Waals surface area contributed by atoms with Crippen LogP contribution < -0.4 is 16.0 Å². The van der Waals surface area contributed by atoms with Crippen molar-refractivity contribution in [1.29, 1.82) is 0 Å². The molecule has 1 aliphatic rings. The number of rotatable bonds is 3. The zero-order valence-corrected chi connectivity index (χ0v) is 11.1. The smallest absolute Gasteiger partial charge is 0.252 e. The lowest BCUT2D eigenvalue weighted by molar-refractivity contribution is -0.140. The highest BCUT2D eigenvalue weighted by Gasteiger charge is 2.31. The molecule has 1 atom stereocenters. The van der Waals surface area contributed by atoms with Gasteiger partial charge in [0.05, 0.1) is 13.1 Å². The van der Waals surface area contributed by atoms with E-state index in [-0.39, 0.29) is 19.0 Å². The highest BCUT2D eigenvalue weighted by atomic mass is 16.2. The van der Waals surface area contributed by atoms with Gasteiger partial charge in [0.2, 0.25) is 5.91 Å². The molecule has 3 amide bonds. The molecule has 0 spiro atoms. The summed E-state index contributed by atoms with van der Waals surface area (Å²) in [5.41, 5.74) is 1.80. The molecule has 3 rings (SSSR count). The fourth-order valence-corrected chi connectivity index (χ4v) is 2.24. The molecule has 2 aromatic rings. The van der Waals surface area contributed by atoms with E-state index < -0.39 is 17.9 Å². The molecule has 1 aromatic heterocycles. The van der Waals surface area contributed by atoms with Gasteiger partial charge in [0.15, 0.2) is 6.04 Å². The van der Waals surface area contributed by atoms with E-state index >= 15 is 0 Å². The summed E-state index contributed by atoms with van der Waals surface area (Å²) in [5, 5.41) is 8.40. The Morgan fingerprint density at radius 1 is 1.29 bits per heavy atom. The predicted octanol–water partition coefficient (Wildman–Crippen LogP) is -0.601. The van der Waals surface area contributed by atoms with Crippen LogP contribution in [-0.2, 0) is 20.9 Å². The lowest BCUT2D eigenvalue weighted by Crippen LogP contribution is -2.61. The van der Waals surface area contributed by atoms with Gasteiger partial charge in [-0.25, -0.2) is 0 Å². The molecule has 1 fully saturated rings. The second kappa shape index (κ2) is 5.28. The number of amides is 3. The van der Waals surface area contributed by atoms with Gasteiger partial charge in [0.1, 0.15) is 0 Å². The third kappa shape index (κ3) is 2.71. The van der Waals surface area contributed by atoms with Gasteiger partial charge < -0.3 is 20.9 Å². The van der Waals surface area contributed by atoms with Gasteiger partial charge in [-0.15, -0.1) is 0 Å². The van der Waals surface area contributed by atoms with Gasteiger partial charge in [-0.05, 0) is 17.5 Å². The fourth-order valence-electron chi connectivity index (χ4n) is 2.24. The highest BCUT2D eigenvalue weighted by molar-refractivity contribution is 6.09. The van der Waals surface area contributed by atoms with Crippen LogP contribution in [0.15, 0.2) is 30.3 Å². The molecule has 108 valence electrons. The fraction of sp³-hybridized carbons (Fsp3) is 0.214. The summed E-state index contributed by atoms with van der Waals surface area (Å²) >= 11 is 0. The Balaban J connectivity index is 1.65. The monoisotopic (exact) mass is 286 g/mol. The van der Waals surface area contributed by atoms with Gasteiger partial charge in [0.25, 0.3) is 11.8 Å². The summed E-state index contributed by atoms with van der Waals surface area (Å²) in [6, 6.07) is 8.51. The topological polar surface area (TPSA) is 103 Å². The average Bonchev–Trinajstić information content (AvgIpc) is 2.90. The van der Waals surface area contributed by atoms with E-state index in [1.54, 1.807) is 0 Å². The van der Waals surface area contributed by atoms with Gasteiger partial charge in [-0.3, -0.25) is 14.4 Å². The molecule has 7 nitrogen and oxygen atoms in total. The summed E-state index contributed by atoms with van der Waals surface area (Å²) in [7, 11) is 0. The van der Waals surface area contributed by atoms with Crippen molar-refractivity contribution in [1.82, 2.24) is 20.9 Å². The van der Waals surface area contributed by atoms with Crippen molar-refractivity contribution in [2.24, 2.45) is 0 Å². The Bertz CT molecular complexity index is 689. The van der Waals surface area contributed by atoms with E-state index in [1.165, 1.54) is 0 Å². The Hall–Kier alpha value is -2.83. The second-order valence-electron chi connectivity index (χ2n) is 4.82. The number of nitrogens with one attached hydrogen (secondary N) is 4. The van der Waals surface area contributed by atoms with Crippen molar-refractivity contribution in [3.63, 3.8) is 0 Å². The Kier molecular flexibility index (Phi) is 3.31. The van der Waals surface area contributed by atoms with Crippen molar-refractivity contribution in [3.8, 4) is 0 Å². The summed E-state index contributed by atoms with van der Waals surface area (Å²) < 4.78 is 0. The largest absolute Gasteiger partial charge is 0.357 e. The normalized spacial score (nSPS) is 18.2. The molecular formula is C14H14N4O3. The standard InChI is InChI=1S/C14H14N4O3/c19-11-7-16-14(21)12(18-11)13(20)15-6-9-5-8-3-1-2-4-10(8)17-9/h1-5,12,17H,6-7H2,(H,15,20)(H,16,21)(H,18,19)/t12-/m1/s1. The SMILES string of the molecule is O=C1CNC(=O)[C@@H](C(=O)NCc2cc3ccccc3[nH]2)N1. The lowest BCUT2D eigenvalue weighted by atomic mass is 10.2. The molecular weight excluding hydrogens is 272 g/mol. The van der Waals surface area contributed by atoms with Gasteiger partial charge in [-0.2, -0.15) is 0 Å². The molecule has 1 aromatic carbocycles. The third-order valence-electron chi connectivity index (χ3n) is 3.29. The molecule has 0 radical (unpaired) electrons. The Morgan fingerprint density at radius 3 is 2.90 bits per heavy atom. The minimum atomic E-state index is -1.17. The molecule has 0 bridgehead atoms. The number of piperazine rings is 1. The van der Waals surface area contributed by atoms with Crippen molar-refractivity contribution in [3.05, 3.63) is 36.0 Å². The van der Waals surface area contributed by atoms with E-state index in [9.17, 15) is 14.4 Å². The highest BCUT2D eigenvalue weighted by Crippen LogP contribution is 2.14. The first-order valence-corrected chi connectivity index (χ1v) is 6.55. The van der Waals surface area contributed by atoms with Crippen LogP contribution in [0.25, 0.3) is 10.9 Å². The van der Waals surface area contributed by atoms with Crippen molar-refractivity contribution < 1.29 is 14.4 Å². The third-order valence-corrected chi connectivity index (χ3v) is 3.29. The van der Waals surface area contributed by atoms with E-state index in [2.05, 4.69) is 20.9 Å². The summed E-state index contributed by atoms with van der Waals surface area (Å²) in [5.74, 6) is -1.40. The van der Waals surface area contributed by atoms with E-state index in [1.807, 2.05) is 30.3 Å². The number of hydrogen-bond acceptors (Lipinski definition) is 3. The van der Waals surface area contributed by atoms with Crippen LogP contribution in [0.3, 0.4) is 0 Å². The molecule has 1 saturated heterocycles. The van der Waals surface area contributed by atoms with Crippen LogP contribution in [0.1, 0.15) is 5.69 Å². The number of aromatic amines is 1. The summed E-state index contributed by atoms with van der Waals surface area (Å²) in [4.78, 5) is 37.9. The zero-order valence-electron chi connectivity index (χ0n) is 11.1. The molecule has 0 unspecified atom stereocenters. The van der Waals surface area contributed by atoms with Crippen molar-refractivity contribution in [2.45, 2.75) is 12.6 Å². The Morgan fingerprint density at radius 2 is 2.10 bits per heavy atom. The van der Waals surface area contributed by atoms with Crippen LogP contribution in [-0.4, -0.2) is 35.3 Å². The van der Waals surface area contributed by atoms with Crippen LogP contribution in [0.5, 0.6) is 0 Å². The number of carbonyl (C=O) groups excluding carboxylic acids is 3. The molecule has 0 aliphatic carbocycles. The molecule has 2 heterocycles. The molecule has 0 saturated carbocycles. The second-order valence-corrected chi connectivity index (χ2v) is 4.82.